The van der Waals surface area contributed by atoms with Crippen molar-refractivity contribution in [1.82, 2.24) is 9.55 Å². The second-order valence-corrected chi connectivity index (χ2v) is 21.7. The molecule has 33 heavy (non-hydrogen) atoms. The van der Waals surface area contributed by atoms with Crippen LogP contribution in [-0.2, 0) is 13.6 Å². The SMILES string of the molecule is CC(C)(C)[Si](C)(C)OC[C@@]1(CO)O[C@@H](n2cc(F)c(=O)[nH]c2=O)C[C@@H]1O[Si](C)(C)C(C)(C)C. The van der Waals surface area contributed by atoms with Gasteiger partial charge in [-0.05, 0) is 36.3 Å². The largest absolute Gasteiger partial charge is 0.414 e. The van der Waals surface area contributed by atoms with Crippen LogP contribution in [0, 0.1) is 5.82 Å². The molecule has 0 spiro atoms. The van der Waals surface area contributed by atoms with Crippen LogP contribution >= 0.6 is 0 Å². The molecular formula is C22H41FN2O6Si2. The molecule has 2 heterocycles. The highest BCUT2D eigenvalue weighted by Gasteiger charge is 2.55. The molecule has 1 aromatic rings. The van der Waals surface area contributed by atoms with Gasteiger partial charge in [-0.3, -0.25) is 14.3 Å². The Morgan fingerprint density at radius 3 is 2.18 bits per heavy atom. The number of ether oxygens (including phenoxy) is 1. The number of H-pyrrole nitrogens is 1. The molecule has 0 bridgehead atoms. The van der Waals surface area contributed by atoms with Gasteiger partial charge in [0.15, 0.2) is 16.6 Å². The normalized spacial score (nSPS) is 25.0. The van der Waals surface area contributed by atoms with E-state index in [1.165, 1.54) is 0 Å². The van der Waals surface area contributed by atoms with Crippen molar-refractivity contribution in [2.75, 3.05) is 13.2 Å². The van der Waals surface area contributed by atoms with E-state index in [4.69, 9.17) is 13.6 Å². The van der Waals surface area contributed by atoms with Crippen LogP contribution < -0.4 is 11.2 Å². The number of nitrogens with zero attached hydrogens (tertiary/aromatic N) is 1. The van der Waals surface area contributed by atoms with Crippen LogP contribution in [0.1, 0.15) is 54.2 Å². The summed E-state index contributed by atoms with van der Waals surface area (Å²) in [4.78, 5) is 25.9. The van der Waals surface area contributed by atoms with Gasteiger partial charge < -0.3 is 18.7 Å². The number of aliphatic hydroxyl groups excluding tert-OH is 1. The zero-order valence-corrected chi connectivity index (χ0v) is 23.7. The van der Waals surface area contributed by atoms with Gasteiger partial charge in [0.1, 0.15) is 11.8 Å². The summed E-state index contributed by atoms with van der Waals surface area (Å²) in [7, 11) is -4.51. The van der Waals surface area contributed by atoms with Crippen molar-refractivity contribution in [2.24, 2.45) is 0 Å². The van der Waals surface area contributed by atoms with Crippen LogP contribution in [0.4, 0.5) is 4.39 Å². The highest BCUT2D eigenvalue weighted by atomic mass is 28.4. The van der Waals surface area contributed by atoms with E-state index in [9.17, 15) is 19.1 Å². The minimum absolute atomic E-state index is 0.0591. The topological polar surface area (TPSA) is 103 Å². The Morgan fingerprint density at radius 2 is 1.70 bits per heavy atom. The van der Waals surface area contributed by atoms with Gasteiger partial charge in [-0.1, -0.05) is 41.5 Å². The van der Waals surface area contributed by atoms with Crippen molar-refractivity contribution >= 4 is 16.6 Å². The van der Waals surface area contributed by atoms with Gasteiger partial charge in [0.05, 0.1) is 25.5 Å². The maximum Gasteiger partial charge on any atom is 0.330 e. The van der Waals surface area contributed by atoms with Crippen molar-refractivity contribution in [3.63, 3.8) is 0 Å². The number of aromatic amines is 1. The number of hydrogen-bond acceptors (Lipinski definition) is 6. The first-order valence-corrected chi connectivity index (χ1v) is 17.2. The van der Waals surface area contributed by atoms with Gasteiger partial charge in [-0.2, -0.15) is 4.39 Å². The van der Waals surface area contributed by atoms with Crippen LogP contribution in [0.5, 0.6) is 0 Å². The fourth-order valence-electron chi connectivity index (χ4n) is 3.16. The Bertz CT molecular complexity index is 963. The molecule has 0 radical (unpaired) electrons. The molecule has 0 aromatic carbocycles. The first kappa shape index (κ1) is 28.1. The van der Waals surface area contributed by atoms with E-state index in [2.05, 4.69) is 67.7 Å². The van der Waals surface area contributed by atoms with Crippen molar-refractivity contribution < 1.29 is 23.1 Å². The van der Waals surface area contributed by atoms with E-state index in [0.29, 0.717) is 0 Å². The van der Waals surface area contributed by atoms with E-state index in [1.807, 2.05) is 4.98 Å². The summed E-state index contributed by atoms with van der Waals surface area (Å²) in [5.41, 5.74) is -3.10. The summed E-state index contributed by atoms with van der Waals surface area (Å²) in [5, 5.41) is 10.4. The Morgan fingerprint density at radius 1 is 1.15 bits per heavy atom. The molecule has 11 heteroatoms. The number of rotatable bonds is 7. The van der Waals surface area contributed by atoms with Crippen LogP contribution in [0.2, 0.25) is 36.3 Å². The number of nitrogens with one attached hydrogen (secondary N) is 1. The van der Waals surface area contributed by atoms with Gasteiger partial charge in [0, 0.05) is 6.42 Å². The van der Waals surface area contributed by atoms with E-state index in [-0.39, 0.29) is 23.1 Å². The van der Waals surface area contributed by atoms with Crippen LogP contribution in [-0.4, -0.2) is 56.2 Å². The molecule has 2 N–H and O–H groups in total. The van der Waals surface area contributed by atoms with Crippen molar-refractivity contribution in [3.8, 4) is 0 Å². The molecule has 0 saturated carbocycles. The van der Waals surface area contributed by atoms with Gasteiger partial charge in [-0.25, -0.2) is 4.79 Å². The molecule has 2 rings (SSSR count). The van der Waals surface area contributed by atoms with Crippen molar-refractivity contribution in [2.45, 2.75) is 102 Å². The van der Waals surface area contributed by atoms with Crippen molar-refractivity contribution in [3.05, 3.63) is 32.9 Å². The van der Waals surface area contributed by atoms with Crippen LogP contribution in [0.25, 0.3) is 0 Å². The summed E-state index contributed by atoms with van der Waals surface area (Å²) in [6.07, 6.45) is -0.453. The maximum atomic E-state index is 14.0. The molecule has 1 aromatic heterocycles. The van der Waals surface area contributed by atoms with E-state index in [0.717, 1.165) is 10.8 Å². The lowest BCUT2D eigenvalue weighted by Crippen LogP contribution is -2.56. The summed E-state index contributed by atoms with van der Waals surface area (Å²) in [6.45, 7) is 20.8. The maximum absolute atomic E-state index is 14.0. The molecule has 1 aliphatic rings. The quantitative estimate of drug-likeness (QED) is 0.549. The standard InChI is InChI=1S/C22H41FN2O6Si2/c1-20(2,3)32(7,8)29-14-22(13-26)16(31-33(9,10)21(4,5)6)11-17(30-22)25-12-15(23)18(27)24-19(25)28/h12,16-17,26H,11,13-14H2,1-10H3,(H,24,27,28)/t16-,17+,22+/m0/s1. The monoisotopic (exact) mass is 504 g/mol. The first-order chi connectivity index (χ1) is 14.8. The molecule has 3 atom stereocenters. The Kier molecular flexibility index (Phi) is 7.80. The lowest BCUT2D eigenvalue weighted by atomic mass is 9.99. The number of aliphatic hydroxyl groups is 1. The third-order valence-corrected chi connectivity index (χ3v) is 16.6. The average Bonchev–Trinajstić information content (AvgIpc) is 2.99. The third-order valence-electron chi connectivity index (χ3n) is 7.60. The predicted molar refractivity (Wildman–Crippen MR) is 131 cm³/mol. The van der Waals surface area contributed by atoms with Gasteiger partial charge in [0.2, 0.25) is 5.82 Å². The second kappa shape index (κ2) is 9.16. The summed E-state index contributed by atoms with van der Waals surface area (Å²) >= 11 is 0. The number of halogens is 1. The summed E-state index contributed by atoms with van der Waals surface area (Å²) in [5.74, 6) is -1.08. The molecule has 1 fully saturated rings. The molecule has 0 aliphatic carbocycles. The lowest BCUT2D eigenvalue weighted by molar-refractivity contribution is -0.145. The van der Waals surface area contributed by atoms with Gasteiger partial charge in [0.25, 0.3) is 5.56 Å². The molecule has 8 nitrogen and oxygen atoms in total. The van der Waals surface area contributed by atoms with Crippen molar-refractivity contribution in [1.29, 1.82) is 0 Å². The lowest BCUT2D eigenvalue weighted by Gasteiger charge is -2.44. The number of hydrogen-bond donors (Lipinski definition) is 2. The molecule has 1 aliphatic heterocycles. The minimum Gasteiger partial charge on any atom is -0.414 e. The minimum atomic E-state index is -2.31. The first-order valence-electron chi connectivity index (χ1n) is 11.4. The summed E-state index contributed by atoms with van der Waals surface area (Å²) in [6, 6.07) is 0. The fourth-order valence-corrected chi connectivity index (χ4v) is 5.57. The Balaban J connectivity index is 2.49. The molecule has 0 unspecified atom stereocenters. The van der Waals surface area contributed by atoms with E-state index in [1.54, 1.807) is 0 Å². The summed E-state index contributed by atoms with van der Waals surface area (Å²) < 4.78 is 34.4. The van der Waals surface area contributed by atoms with E-state index < -0.39 is 58.2 Å². The predicted octanol–water partition coefficient (Wildman–Crippen LogP) is 3.74. The smallest absolute Gasteiger partial charge is 0.330 e. The zero-order valence-electron chi connectivity index (χ0n) is 21.7. The molecular weight excluding hydrogens is 463 g/mol. The highest BCUT2D eigenvalue weighted by molar-refractivity contribution is 6.74. The zero-order chi connectivity index (χ0) is 25.6. The van der Waals surface area contributed by atoms with E-state index >= 15 is 0 Å². The third kappa shape index (κ3) is 5.76. The molecule has 190 valence electrons. The van der Waals surface area contributed by atoms with Crippen LogP contribution in [0.15, 0.2) is 15.8 Å². The average molecular weight is 505 g/mol. The van der Waals surface area contributed by atoms with Gasteiger partial charge >= 0.3 is 5.69 Å². The second-order valence-electron chi connectivity index (χ2n) is 12.1. The fraction of sp³-hybridized carbons (Fsp3) is 0.818. The number of aromatic nitrogens is 2. The van der Waals surface area contributed by atoms with Crippen LogP contribution in [0.3, 0.4) is 0 Å². The van der Waals surface area contributed by atoms with Gasteiger partial charge in [-0.15, -0.1) is 0 Å². The molecule has 1 saturated heterocycles. The molecule has 0 amide bonds. The Labute approximate surface area is 197 Å². The highest BCUT2D eigenvalue weighted by Crippen LogP contribution is 2.45. The Hall–Kier alpha value is -1.12.